The number of fused-ring (bicyclic) bond motifs is 1. The third-order valence-corrected chi connectivity index (χ3v) is 5.05. The summed E-state index contributed by atoms with van der Waals surface area (Å²) in [7, 11) is 0. The zero-order chi connectivity index (χ0) is 19.7. The van der Waals surface area contributed by atoms with E-state index in [2.05, 4.69) is 10.1 Å². The second kappa shape index (κ2) is 7.41. The van der Waals surface area contributed by atoms with Crippen molar-refractivity contribution in [1.82, 2.24) is 14.6 Å². The first-order valence-electron chi connectivity index (χ1n) is 8.18. The van der Waals surface area contributed by atoms with Gasteiger partial charge in [0, 0.05) is 10.6 Å². The topological polar surface area (TPSA) is 99.6 Å². The minimum atomic E-state index is -0.543. The fourth-order valence-corrected chi connectivity index (χ4v) is 3.55. The van der Waals surface area contributed by atoms with E-state index >= 15 is 0 Å². The molecular weight excluding hydrogens is 400 g/mol. The van der Waals surface area contributed by atoms with Gasteiger partial charge in [0.25, 0.3) is 11.5 Å². The lowest BCUT2D eigenvalue weighted by Gasteiger charge is -2.03. The Morgan fingerprint density at radius 1 is 1.18 bits per heavy atom. The highest BCUT2D eigenvalue weighted by atomic mass is 35.5. The average Bonchev–Trinajstić information content (AvgIpc) is 3.22. The molecule has 7 nitrogen and oxygen atoms in total. The number of rotatable bonds is 5. The van der Waals surface area contributed by atoms with E-state index in [9.17, 15) is 9.59 Å². The lowest BCUT2D eigenvalue weighted by atomic mass is 10.2. The molecule has 2 heterocycles. The molecule has 28 heavy (non-hydrogen) atoms. The highest BCUT2D eigenvalue weighted by molar-refractivity contribution is 7.15. The standard InChI is InChI=1S/C19H13ClN4O3S/c20-13-5-3-12(4-6-13)17-22-19-24(23-17)18(26)15(28-19)9-11-1-7-14(8-2-11)27-10-16(21)25/h1-9H,10H2,(H2,21,25). The summed E-state index contributed by atoms with van der Waals surface area (Å²) in [6, 6.07) is 14.1. The van der Waals surface area contributed by atoms with Crippen molar-refractivity contribution in [2.75, 3.05) is 6.61 Å². The van der Waals surface area contributed by atoms with Crippen LogP contribution in [0.25, 0.3) is 22.4 Å². The molecule has 0 spiro atoms. The second-order valence-electron chi connectivity index (χ2n) is 5.88. The predicted molar refractivity (Wildman–Crippen MR) is 107 cm³/mol. The number of benzene rings is 2. The van der Waals surface area contributed by atoms with Gasteiger partial charge in [-0.2, -0.15) is 9.50 Å². The molecule has 0 radical (unpaired) electrons. The molecule has 2 aromatic carbocycles. The second-order valence-corrected chi connectivity index (χ2v) is 7.32. The van der Waals surface area contributed by atoms with Crippen LogP contribution in [0.1, 0.15) is 5.56 Å². The minimum absolute atomic E-state index is 0.183. The molecule has 2 N–H and O–H groups in total. The fourth-order valence-electron chi connectivity index (χ4n) is 2.52. The smallest absolute Gasteiger partial charge is 0.291 e. The predicted octanol–water partition coefficient (Wildman–Crippen LogP) is 1.88. The first kappa shape index (κ1) is 18.1. The van der Waals surface area contributed by atoms with Gasteiger partial charge in [-0.25, -0.2) is 0 Å². The molecule has 0 aliphatic heterocycles. The summed E-state index contributed by atoms with van der Waals surface area (Å²) in [5.41, 5.74) is 6.41. The highest BCUT2D eigenvalue weighted by Gasteiger charge is 2.12. The van der Waals surface area contributed by atoms with Gasteiger partial charge in [0.05, 0.1) is 4.53 Å². The van der Waals surface area contributed by atoms with Gasteiger partial charge in [-0.3, -0.25) is 9.59 Å². The molecule has 4 rings (SSSR count). The van der Waals surface area contributed by atoms with Crippen LogP contribution in [0.15, 0.2) is 53.3 Å². The normalized spacial score (nSPS) is 11.8. The molecule has 0 saturated heterocycles. The van der Waals surface area contributed by atoms with Crippen molar-refractivity contribution >= 4 is 39.9 Å². The number of ether oxygens (including phenoxy) is 1. The molecule has 1 amide bonds. The van der Waals surface area contributed by atoms with Crippen LogP contribution in [-0.2, 0) is 4.79 Å². The van der Waals surface area contributed by atoms with Gasteiger partial charge in [-0.15, -0.1) is 5.10 Å². The summed E-state index contributed by atoms with van der Waals surface area (Å²) >= 11 is 7.15. The van der Waals surface area contributed by atoms with Crippen molar-refractivity contribution in [2.24, 2.45) is 5.73 Å². The molecule has 0 saturated carbocycles. The van der Waals surface area contributed by atoms with Crippen molar-refractivity contribution < 1.29 is 9.53 Å². The Labute approximate surface area is 167 Å². The van der Waals surface area contributed by atoms with Crippen LogP contribution in [0, 0.1) is 0 Å². The van der Waals surface area contributed by atoms with Crippen LogP contribution in [-0.4, -0.2) is 27.1 Å². The maximum Gasteiger partial charge on any atom is 0.291 e. The zero-order valence-electron chi connectivity index (χ0n) is 14.3. The number of halogens is 1. The highest BCUT2D eigenvalue weighted by Crippen LogP contribution is 2.19. The van der Waals surface area contributed by atoms with Crippen LogP contribution in [0.4, 0.5) is 0 Å². The molecule has 140 valence electrons. The molecule has 0 aliphatic rings. The van der Waals surface area contributed by atoms with Crippen LogP contribution in [0.2, 0.25) is 5.02 Å². The van der Waals surface area contributed by atoms with Crippen LogP contribution in [0.3, 0.4) is 0 Å². The quantitative estimate of drug-likeness (QED) is 0.539. The third-order valence-electron chi connectivity index (χ3n) is 3.84. The molecule has 0 unspecified atom stereocenters. The van der Waals surface area contributed by atoms with Crippen molar-refractivity contribution in [3.8, 4) is 17.1 Å². The summed E-state index contributed by atoms with van der Waals surface area (Å²) in [5.74, 6) is 0.454. The lowest BCUT2D eigenvalue weighted by Crippen LogP contribution is -2.23. The van der Waals surface area contributed by atoms with Crippen molar-refractivity contribution in [2.45, 2.75) is 0 Å². The van der Waals surface area contributed by atoms with E-state index in [1.807, 2.05) is 0 Å². The Hall–Kier alpha value is -3.23. The summed E-state index contributed by atoms with van der Waals surface area (Å²) < 4.78 is 7.03. The molecule has 4 aromatic rings. The number of nitrogens with two attached hydrogens (primary N) is 1. The van der Waals surface area contributed by atoms with Gasteiger partial charge in [-0.1, -0.05) is 35.1 Å². The number of nitrogens with zero attached hydrogens (tertiary/aromatic N) is 3. The van der Waals surface area contributed by atoms with Gasteiger partial charge in [0.1, 0.15) is 5.75 Å². The monoisotopic (exact) mass is 412 g/mol. The molecule has 0 fully saturated rings. The van der Waals surface area contributed by atoms with Gasteiger partial charge in [-0.05, 0) is 48.0 Å². The van der Waals surface area contributed by atoms with Crippen LogP contribution < -0.4 is 20.6 Å². The van der Waals surface area contributed by atoms with Gasteiger partial charge in [0.15, 0.2) is 12.4 Å². The zero-order valence-corrected chi connectivity index (χ0v) is 15.9. The van der Waals surface area contributed by atoms with Gasteiger partial charge >= 0.3 is 0 Å². The van der Waals surface area contributed by atoms with E-state index in [-0.39, 0.29) is 12.2 Å². The minimum Gasteiger partial charge on any atom is -0.484 e. The molecule has 0 aliphatic carbocycles. The van der Waals surface area contributed by atoms with E-state index in [0.717, 1.165) is 11.1 Å². The number of carbonyl (C=O) groups is 1. The Bertz CT molecular complexity index is 1260. The maximum atomic E-state index is 12.6. The number of thiazole rings is 1. The van der Waals surface area contributed by atoms with E-state index in [0.29, 0.717) is 26.1 Å². The van der Waals surface area contributed by atoms with Gasteiger partial charge in [0.2, 0.25) is 4.96 Å². The Balaban J connectivity index is 1.63. The van der Waals surface area contributed by atoms with Gasteiger partial charge < -0.3 is 10.5 Å². The number of aromatic nitrogens is 3. The fraction of sp³-hybridized carbons (Fsp3) is 0.0526. The Morgan fingerprint density at radius 2 is 1.89 bits per heavy atom. The Kier molecular flexibility index (Phi) is 4.81. The SMILES string of the molecule is NC(=O)COc1ccc(C=c2sc3nc(-c4ccc(Cl)cc4)nn3c2=O)cc1. The first-order chi connectivity index (χ1) is 13.5. The molecular formula is C19H13ClN4O3S. The summed E-state index contributed by atoms with van der Waals surface area (Å²) in [5, 5.41) is 4.93. The summed E-state index contributed by atoms with van der Waals surface area (Å²) in [6.07, 6.45) is 1.75. The van der Waals surface area contributed by atoms with Crippen LogP contribution in [0.5, 0.6) is 5.75 Å². The molecule has 9 heteroatoms. The number of hydrogen-bond acceptors (Lipinski definition) is 6. The number of carbonyl (C=O) groups excluding carboxylic acids is 1. The third kappa shape index (κ3) is 3.73. The van der Waals surface area contributed by atoms with Crippen molar-refractivity contribution in [3.63, 3.8) is 0 Å². The lowest BCUT2D eigenvalue weighted by molar-refractivity contribution is -0.119. The van der Waals surface area contributed by atoms with Crippen molar-refractivity contribution in [1.29, 1.82) is 0 Å². The maximum absolute atomic E-state index is 12.6. The Morgan fingerprint density at radius 3 is 2.54 bits per heavy atom. The first-order valence-corrected chi connectivity index (χ1v) is 9.37. The summed E-state index contributed by atoms with van der Waals surface area (Å²) in [4.78, 5) is 28.3. The van der Waals surface area contributed by atoms with Crippen molar-refractivity contribution in [3.05, 3.63) is 74.0 Å². The average molecular weight is 413 g/mol. The largest absolute Gasteiger partial charge is 0.484 e. The molecule has 0 atom stereocenters. The van der Waals surface area contributed by atoms with E-state index < -0.39 is 5.91 Å². The van der Waals surface area contributed by atoms with Crippen LogP contribution >= 0.6 is 22.9 Å². The van der Waals surface area contributed by atoms with E-state index in [1.165, 1.54) is 15.9 Å². The number of primary amides is 1. The molecule has 2 aromatic heterocycles. The summed E-state index contributed by atoms with van der Waals surface area (Å²) in [6.45, 7) is -0.183. The number of amides is 1. The molecule has 0 bridgehead atoms. The van der Waals surface area contributed by atoms with E-state index in [4.69, 9.17) is 22.1 Å². The number of hydrogen-bond donors (Lipinski definition) is 1. The van der Waals surface area contributed by atoms with E-state index in [1.54, 1.807) is 54.6 Å².